The summed E-state index contributed by atoms with van der Waals surface area (Å²) in [6.45, 7) is 5.28. The van der Waals surface area contributed by atoms with Gasteiger partial charge in [-0.05, 0) is 44.5 Å². The summed E-state index contributed by atoms with van der Waals surface area (Å²) in [7, 11) is 1.85. The Morgan fingerprint density at radius 2 is 1.95 bits per heavy atom. The smallest absolute Gasteiger partial charge is 0.257 e. The van der Waals surface area contributed by atoms with Crippen molar-refractivity contribution in [2.75, 3.05) is 32.1 Å². The number of anilines is 1. The van der Waals surface area contributed by atoms with Crippen LogP contribution in [0, 0.1) is 0 Å². The Hall–Kier alpha value is -1.75. The van der Waals surface area contributed by atoms with E-state index in [0.717, 1.165) is 12.1 Å². The van der Waals surface area contributed by atoms with Crippen LogP contribution in [-0.4, -0.2) is 38.8 Å². The second kappa shape index (κ2) is 9.20. The number of ether oxygens (including phenoxy) is 2. The van der Waals surface area contributed by atoms with Gasteiger partial charge in [0.15, 0.2) is 6.61 Å². The Bertz CT molecular complexity index is 391. The molecule has 1 aromatic carbocycles. The molecule has 1 rings (SSSR count). The van der Waals surface area contributed by atoms with E-state index in [-0.39, 0.29) is 18.6 Å². The first-order chi connectivity index (χ1) is 9.61. The van der Waals surface area contributed by atoms with Crippen LogP contribution in [0.2, 0.25) is 0 Å². The highest BCUT2D eigenvalue weighted by molar-refractivity contribution is 5.77. The van der Waals surface area contributed by atoms with Crippen LogP contribution in [0.3, 0.4) is 0 Å². The van der Waals surface area contributed by atoms with Crippen LogP contribution in [0.5, 0.6) is 5.75 Å². The SMILES string of the molecule is CNc1ccc(OCC(=O)NCCCOC(C)C)cc1. The zero-order valence-corrected chi connectivity index (χ0v) is 12.4. The summed E-state index contributed by atoms with van der Waals surface area (Å²) in [5, 5.41) is 5.81. The molecule has 0 spiro atoms. The number of hydrogen-bond acceptors (Lipinski definition) is 4. The van der Waals surface area contributed by atoms with E-state index in [2.05, 4.69) is 10.6 Å². The molecule has 5 nitrogen and oxygen atoms in total. The topological polar surface area (TPSA) is 59.6 Å². The molecule has 0 saturated carbocycles. The zero-order chi connectivity index (χ0) is 14.8. The van der Waals surface area contributed by atoms with E-state index in [1.165, 1.54) is 0 Å². The number of hydrogen-bond donors (Lipinski definition) is 2. The van der Waals surface area contributed by atoms with Gasteiger partial charge in [-0.25, -0.2) is 0 Å². The van der Waals surface area contributed by atoms with Crippen LogP contribution in [0.25, 0.3) is 0 Å². The maximum absolute atomic E-state index is 11.5. The second-order valence-corrected chi connectivity index (χ2v) is 4.69. The second-order valence-electron chi connectivity index (χ2n) is 4.69. The fourth-order valence-corrected chi connectivity index (χ4v) is 1.54. The summed E-state index contributed by atoms with van der Waals surface area (Å²) < 4.78 is 10.8. The van der Waals surface area contributed by atoms with Crippen molar-refractivity contribution in [3.63, 3.8) is 0 Å². The van der Waals surface area contributed by atoms with Gasteiger partial charge in [0.1, 0.15) is 5.75 Å². The first-order valence-corrected chi connectivity index (χ1v) is 6.90. The van der Waals surface area contributed by atoms with Gasteiger partial charge in [-0.2, -0.15) is 0 Å². The van der Waals surface area contributed by atoms with E-state index in [0.29, 0.717) is 18.9 Å². The van der Waals surface area contributed by atoms with Gasteiger partial charge in [0.05, 0.1) is 6.10 Å². The molecule has 0 fully saturated rings. The number of amides is 1. The van der Waals surface area contributed by atoms with E-state index in [1.807, 2.05) is 45.2 Å². The number of benzene rings is 1. The Labute approximate surface area is 120 Å². The van der Waals surface area contributed by atoms with Crippen LogP contribution in [-0.2, 0) is 9.53 Å². The van der Waals surface area contributed by atoms with Gasteiger partial charge in [-0.15, -0.1) is 0 Å². The molecule has 0 bridgehead atoms. The quantitative estimate of drug-likeness (QED) is 0.680. The van der Waals surface area contributed by atoms with Gasteiger partial charge in [-0.1, -0.05) is 0 Å². The molecule has 0 aliphatic carbocycles. The molecule has 2 N–H and O–H groups in total. The first kappa shape index (κ1) is 16.3. The Morgan fingerprint density at radius 3 is 2.55 bits per heavy atom. The molecular weight excluding hydrogens is 256 g/mol. The van der Waals surface area contributed by atoms with Gasteiger partial charge < -0.3 is 20.1 Å². The summed E-state index contributed by atoms with van der Waals surface area (Å²) >= 11 is 0. The van der Waals surface area contributed by atoms with E-state index >= 15 is 0 Å². The van der Waals surface area contributed by atoms with Crippen LogP contribution in [0.15, 0.2) is 24.3 Å². The lowest BCUT2D eigenvalue weighted by Gasteiger charge is -2.09. The molecule has 0 unspecified atom stereocenters. The third-order valence-electron chi connectivity index (χ3n) is 2.61. The van der Waals surface area contributed by atoms with E-state index in [9.17, 15) is 4.79 Å². The molecular formula is C15H24N2O3. The summed E-state index contributed by atoms with van der Waals surface area (Å²) in [6.07, 6.45) is 1.04. The molecule has 0 saturated heterocycles. The van der Waals surface area contributed by atoms with Gasteiger partial charge in [0.25, 0.3) is 5.91 Å². The predicted molar refractivity (Wildman–Crippen MR) is 80.2 cm³/mol. The molecule has 1 amide bonds. The number of carbonyl (C=O) groups excluding carboxylic acids is 1. The number of nitrogens with one attached hydrogen (secondary N) is 2. The first-order valence-electron chi connectivity index (χ1n) is 6.90. The molecule has 5 heteroatoms. The third kappa shape index (κ3) is 6.99. The highest BCUT2D eigenvalue weighted by Gasteiger charge is 2.02. The Morgan fingerprint density at radius 1 is 1.25 bits per heavy atom. The third-order valence-corrected chi connectivity index (χ3v) is 2.61. The standard InChI is InChI=1S/C15H24N2O3/c1-12(2)19-10-4-9-17-15(18)11-20-14-7-5-13(16-3)6-8-14/h5-8,12,16H,4,9-11H2,1-3H3,(H,17,18). The van der Waals surface area contributed by atoms with Crippen molar-refractivity contribution in [2.45, 2.75) is 26.4 Å². The highest BCUT2D eigenvalue weighted by Crippen LogP contribution is 2.14. The van der Waals surface area contributed by atoms with Crippen molar-refractivity contribution in [2.24, 2.45) is 0 Å². The van der Waals surface area contributed by atoms with Crippen LogP contribution >= 0.6 is 0 Å². The zero-order valence-electron chi connectivity index (χ0n) is 12.4. The van der Waals surface area contributed by atoms with Crippen molar-refractivity contribution in [1.82, 2.24) is 5.32 Å². The lowest BCUT2D eigenvalue weighted by atomic mass is 10.3. The van der Waals surface area contributed by atoms with Crippen molar-refractivity contribution in [1.29, 1.82) is 0 Å². The minimum absolute atomic E-state index is 0.0317. The van der Waals surface area contributed by atoms with Crippen LogP contribution in [0.1, 0.15) is 20.3 Å². The van der Waals surface area contributed by atoms with E-state index < -0.39 is 0 Å². The maximum atomic E-state index is 11.5. The minimum Gasteiger partial charge on any atom is -0.484 e. The molecule has 0 aromatic heterocycles. The number of rotatable bonds is 9. The molecule has 20 heavy (non-hydrogen) atoms. The normalized spacial score (nSPS) is 10.4. The molecule has 0 radical (unpaired) electrons. The predicted octanol–water partition coefficient (Wildman–Crippen LogP) is 2.04. The Balaban J connectivity index is 2.13. The fourth-order valence-electron chi connectivity index (χ4n) is 1.54. The van der Waals surface area contributed by atoms with Gasteiger partial charge in [0, 0.05) is 25.9 Å². The Kier molecular flexibility index (Phi) is 7.50. The van der Waals surface area contributed by atoms with E-state index in [1.54, 1.807) is 0 Å². The van der Waals surface area contributed by atoms with Gasteiger partial charge in [-0.3, -0.25) is 4.79 Å². The number of carbonyl (C=O) groups is 1. The molecule has 1 aromatic rings. The summed E-state index contributed by atoms with van der Waals surface area (Å²) in [6, 6.07) is 7.46. The maximum Gasteiger partial charge on any atom is 0.257 e. The molecule has 0 atom stereocenters. The lowest BCUT2D eigenvalue weighted by Crippen LogP contribution is -2.30. The molecule has 0 aliphatic rings. The molecule has 112 valence electrons. The monoisotopic (exact) mass is 280 g/mol. The van der Waals surface area contributed by atoms with Gasteiger partial charge in [0.2, 0.25) is 0 Å². The minimum atomic E-state index is -0.118. The molecule has 0 aliphatic heterocycles. The van der Waals surface area contributed by atoms with Crippen LogP contribution in [0.4, 0.5) is 5.69 Å². The highest BCUT2D eigenvalue weighted by atomic mass is 16.5. The lowest BCUT2D eigenvalue weighted by molar-refractivity contribution is -0.123. The summed E-state index contributed by atoms with van der Waals surface area (Å²) in [4.78, 5) is 11.5. The van der Waals surface area contributed by atoms with Crippen LogP contribution < -0.4 is 15.4 Å². The summed E-state index contributed by atoms with van der Waals surface area (Å²) in [5.74, 6) is 0.564. The van der Waals surface area contributed by atoms with Gasteiger partial charge >= 0.3 is 0 Å². The average Bonchev–Trinajstić information content (AvgIpc) is 2.45. The molecule has 0 heterocycles. The van der Waals surface area contributed by atoms with Crippen molar-refractivity contribution >= 4 is 11.6 Å². The average molecular weight is 280 g/mol. The van der Waals surface area contributed by atoms with E-state index in [4.69, 9.17) is 9.47 Å². The largest absolute Gasteiger partial charge is 0.484 e. The van der Waals surface area contributed by atoms with Crippen molar-refractivity contribution in [3.8, 4) is 5.75 Å². The fraction of sp³-hybridized carbons (Fsp3) is 0.533. The van der Waals surface area contributed by atoms with Crippen molar-refractivity contribution < 1.29 is 14.3 Å². The summed E-state index contributed by atoms with van der Waals surface area (Å²) in [5.41, 5.74) is 1.01. The van der Waals surface area contributed by atoms with Crippen molar-refractivity contribution in [3.05, 3.63) is 24.3 Å².